The van der Waals surface area contributed by atoms with E-state index in [1.54, 1.807) is 6.20 Å². The summed E-state index contributed by atoms with van der Waals surface area (Å²) in [4.78, 5) is 7.32. The third-order valence-corrected chi connectivity index (χ3v) is 2.67. The molecule has 4 heteroatoms. The molecule has 0 fully saturated rings. The van der Waals surface area contributed by atoms with E-state index in [-0.39, 0.29) is 0 Å². The van der Waals surface area contributed by atoms with Crippen LogP contribution in [0.2, 0.25) is 0 Å². The maximum atomic E-state index is 8.59. The fourth-order valence-electron chi connectivity index (χ4n) is 1.49. The number of aromatic amines is 1. The fourth-order valence-corrected chi connectivity index (χ4v) is 1.82. The molecule has 15 heavy (non-hydrogen) atoms. The van der Waals surface area contributed by atoms with E-state index in [2.05, 4.69) is 25.9 Å². The molecule has 2 heterocycles. The molecule has 2 aromatic heterocycles. The average Bonchev–Trinajstić information content (AvgIpc) is 2.60. The van der Waals surface area contributed by atoms with Gasteiger partial charge >= 0.3 is 0 Å². The molecule has 0 bridgehead atoms. The number of H-pyrrole nitrogens is 1. The zero-order valence-electron chi connectivity index (χ0n) is 8.08. The second-order valence-electron chi connectivity index (χ2n) is 3.21. The van der Waals surface area contributed by atoms with Gasteiger partial charge in [-0.05, 0) is 34.5 Å². The smallest absolute Gasteiger partial charge is 0.108 e. The summed E-state index contributed by atoms with van der Waals surface area (Å²) in [7, 11) is 0. The molecule has 0 aliphatic carbocycles. The minimum atomic E-state index is 0.797. The van der Waals surface area contributed by atoms with Crippen LogP contribution in [0.25, 0.3) is 16.5 Å². The minimum absolute atomic E-state index is 0.797. The Hall–Kier alpha value is -1.60. The molecular weight excluding hydrogens is 254 g/mol. The highest BCUT2D eigenvalue weighted by atomic mass is 79.9. The van der Waals surface area contributed by atoms with Crippen molar-refractivity contribution in [3.63, 3.8) is 0 Å². The number of nitrogens with zero attached hydrogens (tertiary/aromatic N) is 2. The third-order valence-electron chi connectivity index (χ3n) is 2.24. The molecule has 2 rings (SSSR count). The first kappa shape index (κ1) is 9.94. The minimum Gasteiger partial charge on any atom is -0.360 e. The first-order valence-electron chi connectivity index (χ1n) is 4.42. The Labute approximate surface area is 95.6 Å². The molecule has 0 aromatic carbocycles. The Bertz CT molecular complexity index is 575. The van der Waals surface area contributed by atoms with E-state index in [1.807, 2.05) is 25.3 Å². The Morgan fingerprint density at radius 1 is 1.67 bits per heavy atom. The van der Waals surface area contributed by atoms with Gasteiger partial charge in [0.15, 0.2) is 0 Å². The molecule has 0 atom stereocenters. The fraction of sp³-hybridized carbons (Fsp3) is 0.0909. The summed E-state index contributed by atoms with van der Waals surface area (Å²) in [6.07, 6.45) is 5.21. The van der Waals surface area contributed by atoms with Gasteiger partial charge in [0, 0.05) is 29.4 Å². The van der Waals surface area contributed by atoms with Crippen molar-refractivity contribution in [2.75, 3.05) is 0 Å². The van der Waals surface area contributed by atoms with Gasteiger partial charge in [0.2, 0.25) is 0 Å². The number of aromatic nitrogens is 2. The van der Waals surface area contributed by atoms with Crippen LogP contribution in [0, 0.1) is 11.3 Å². The maximum absolute atomic E-state index is 8.59. The molecule has 0 radical (unpaired) electrons. The van der Waals surface area contributed by atoms with Gasteiger partial charge < -0.3 is 4.98 Å². The summed E-state index contributed by atoms with van der Waals surface area (Å²) in [5, 5.41) is 9.62. The summed E-state index contributed by atoms with van der Waals surface area (Å²) in [5.41, 5.74) is 2.97. The van der Waals surface area contributed by atoms with Crippen molar-refractivity contribution in [3.05, 3.63) is 34.7 Å². The van der Waals surface area contributed by atoms with Gasteiger partial charge in [-0.15, -0.1) is 0 Å². The zero-order chi connectivity index (χ0) is 10.8. The summed E-state index contributed by atoms with van der Waals surface area (Å²) >= 11 is 3.31. The van der Waals surface area contributed by atoms with E-state index in [9.17, 15) is 0 Å². The summed E-state index contributed by atoms with van der Waals surface area (Å²) in [5.74, 6) is 0. The summed E-state index contributed by atoms with van der Waals surface area (Å²) < 4.78 is 0.797. The van der Waals surface area contributed by atoms with Crippen molar-refractivity contribution in [3.8, 4) is 6.07 Å². The van der Waals surface area contributed by atoms with E-state index in [1.165, 1.54) is 6.08 Å². The molecular formula is C11H8BrN3. The number of fused-ring (bicyclic) bond motifs is 1. The molecule has 0 saturated carbocycles. The lowest BCUT2D eigenvalue weighted by atomic mass is 10.1. The van der Waals surface area contributed by atoms with Crippen molar-refractivity contribution in [1.29, 1.82) is 5.26 Å². The van der Waals surface area contributed by atoms with E-state index < -0.39 is 0 Å². The van der Waals surface area contributed by atoms with Crippen LogP contribution in [0.4, 0.5) is 0 Å². The van der Waals surface area contributed by atoms with E-state index in [0.29, 0.717) is 0 Å². The Morgan fingerprint density at radius 2 is 2.47 bits per heavy atom. The second-order valence-corrected chi connectivity index (χ2v) is 4.02. The molecule has 0 amide bonds. The van der Waals surface area contributed by atoms with Gasteiger partial charge in [-0.25, -0.2) is 4.98 Å². The van der Waals surface area contributed by atoms with E-state index in [4.69, 9.17) is 5.26 Å². The molecule has 3 nitrogen and oxygen atoms in total. The highest BCUT2D eigenvalue weighted by Gasteiger charge is 2.05. The molecule has 0 aliphatic heterocycles. The van der Waals surface area contributed by atoms with Crippen LogP contribution in [-0.2, 0) is 0 Å². The topological polar surface area (TPSA) is 52.5 Å². The SMILES string of the molecule is C/C(=C\C#N)c1c[nH]c2cc(Br)ncc12. The molecule has 74 valence electrons. The number of hydrogen-bond acceptors (Lipinski definition) is 2. The number of pyridine rings is 1. The van der Waals surface area contributed by atoms with Crippen molar-refractivity contribution in [2.24, 2.45) is 0 Å². The van der Waals surface area contributed by atoms with E-state index >= 15 is 0 Å². The van der Waals surface area contributed by atoms with Crippen LogP contribution in [-0.4, -0.2) is 9.97 Å². The average molecular weight is 262 g/mol. The van der Waals surface area contributed by atoms with Crippen LogP contribution in [0.1, 0.15) is 12.5 Å². The molecule has 1 N–H and O–H groups in total. The lowest BCUT2D eigenvalue weighted by Gasteiger charge is -1.96. The number of nitrogens with one attached hydrogen (secondary N) is 1. The lowest BCUT2D eigenvalue weighted by Crippen LogP contribution is -1.78. The molecule has 0 spiro atoms. The first-order valence-corrected chi connectivity index (χ1v) is 5.21. The zero-order valence-corrected chi connectivity index (χ0v) is 9.67. The molecule has 2 aromatic rings. The number of hydrogen-bond donors (Lipinski definition) is 1. The number of nitriles is 1. The van der Waals surface area contributed by atoms with Crippen LogP contribution in [0.3, 0.4) is 0 Å². The van der Waals surface area contributed by atoms with E-state index in [0.717, 1.165) is 26.6 Å². The summed E-state index contributed by atoms with van der Waals surface area (Å²) in [6, 6.07) is 3.94. The maximum Gasteiger partial charge on any atom is 0.108 e. The van der Waals surface area contributed by atoms with Crippen molar-refractivity contribution in [1.82, 2.24) is 9.97 Å². The Kier molecular flexibility index (Phi) is 2.57. The van der Waals surface area contributed by atoms with Gasteiger partial charge in [-0.1, -0.05) is 0 Å². The number of halogens is 1. The van der Waals surface area contributed by atoms with Crippen LogP contribution in [0.5, 0.6) is 0 Å². The van der Waals surface area contributed by atoms with Gasteiger partial charge in [-0.2, -0.15) is 5.26 Å². The number of rotatable bonds is 1. The van der Waals surface area contributed by atoms with Crippen molar-refractivity contribution >= 4 is 32.4 Å². The molecule has 0 saturated heterocycles. The van der Waals surface area contributed by atoms with Crippen LogP contribution in [0.15, 0.2) is 29.1 Å². The standard InChI is InChI=1S/C11H8BrN3/c1-7(2-3-13)8-5-14-10-4-11(12)15-6-9(8)10/h2,4-6,14H,1H3/b7-2+. The molecule has 0 unspecified atom stereocenters. The van der Waals surface area contributed by atoms with Crippen molar-refractivity contribution < 1.29 is 0 Å². The van der Waals surface area contributed by atoms with Crippen LogP contribution < -0.4 is 0 Å². The second kappa shape index (κ2) is 3.87. The van der Waals surface area contributed by atoms with Gasteiger partial charge in [0.05, 0.1) is 11.6 Å². The van der Waals surface area contributed by atoms with Crippen LogP contribution >= 0.6 is 15.9 Å². The van der Waals surface area contributed by atoms with Gasteiger partial charge in [0.25, 0.3) is 0 Å². The highest BCUT2D eigenvalue weighted by Crippen LogP contribution is 2.25. The predicted octanol–water partition coefficient (Wildman–Crippen LogP) is 3.25. The van der Waals surface area contributed by atoms with Gasteiger partial charge in [0.1, 0.15) is 4.60 Å². The number of allylic oxidation sites excluding steroid dienone is 2. The normalized spacial score (nSPS) is 11.7. The quantitative estimate of drug-likeness (QED) is 0.633. The molecule has 0 aliphatic rings. The predicted molar refractivity (Wildman–Crippen MR) is 63.1 cm³/mol. The van der Waals surface area contributed by atoms with Gasteiger partial charge in [-0.3, -0.25) is 0 Å². The Morgan fingerprint density at radius 3 is 3.20 bits per heavy atom. The first-order chi connectivity index (χ1) is 7.22. The van der Waals surface area contributed by atoms with Crippen molar-refractivity contribution in [2.45, 2.75) is 6.92 Å². The Balaban J connectivity index is 2.65. The highest BCUT2D eigenvalue weighted by molar-refractivity contribution is 9.10. The lowest BCUT2D eigenvalue weighted by molar-refractivity contribution is 1.30. The monoisotopic (exact) mass is 261 g/mol. The summed E-state index contributed by atoms with van der Waals surface area (Å²) in [6.45, 7) is 1.91. The third kappa shape index (κ3) is 1.79. The largest absolute Gasteiger partial charge is 0.360 e.